The van der Waals surface area contributed by atoms with E-state index in [1.165, 1.54) is 0 Å². The van der Waals surface area contributed by atoms with E-state index in [1.807, 2.05) is 68.6 Å². The Balaban J connectivity index is 1.60. The van der Waals surface area contributed by atoms with Gasteiger partial charge in [0.25, 0.3) is 5.91 Å². The largest absolute Gasteiger partial charge is 0.491 e. The van der Waals surface area contributed by atoms with Crippen LogP contribution >= 0.6 is 0 Å². The second-order valence-corrected chi connectivity index (χ2v) is 6.77. The Hall–Kier alpha value is -3.52. The first kappa shape index (κ1) is 19.2. The van der Waals surface area contributed by atoms with Gasteiger partial charge in [0, 0.05) is 23.6 Å². The van der Waals surface area contributed by atoms with Gasteiger partial charge in [-0.15, -0.1) is 0 Å². The normalized spacial score (nSPS) is 11.4. The second-order valence-electron chi connectivity index (χ2n) is 6.77. The monoisotopic (exact) mass is 373 g/mol. The van der Waals surface area contributed by atoms with Crippen LogP contribution in [0.1, 0.15) is 25.0 Å². The molecule has 0 radical (unpaired) electrons. The molecule has 3 aromatic rings. The van der Waals surface area contributed by atoms with E-state index in [1.54, 1.807) is 6.08 Å². The van der Waals surface area contributed by atoms with E-state index < -0.39 is 0 Å². The van der Waals surface area contributed by atoms with E-state index in [9.17, 15) is 10.1 Å². The minimum Gasteiger partial charge on any atom is -0.491 e. The molecule has 1 aromatic heterocycles. The number of hydrogen-bond donors (Lipinski definition) is 2. The fourth-order valence-electron chi connectivity index (χ4n) is 2.97. The smallest absolute Gasteiger partial charge is 0.261 e. The number of nitrogens with one attached hydrogen (secondary N) is 2. The van der Waals surface area contributed by atoms with Crippen LogP contribution in [0, 0.1) is 11.3 Å². The van der Waals surface area contributed by atoms with Crippen molar-refractivity contribution in [3.05, 3.63) is 71.4 Å². The predicted molar refractivity (Wildman–Crippen MR) is 111 cm³/mol. The van der Waals surface area contributed by atoms with Gasteiger partial charge in [-0.3, -0.25) is 4.79 Å². The molecule has 0 atom stereocenters. The molecule has 0 saturated carbocycles. The van der Waals surface area contributed by atoms with Gasteiger partial charge in [-0.1, -0.05) is 30.3 Å². The van der Waals surface area contributed by atoms with Crippen molar-refractivity contribution in [3.63, 3.8) is 0 Å². The van der Waals surface area contributed by atoms with Gasteiger partial charge < -0.3 is 15.0 Å². The number of aromatic amines is 1. The molecular formula is C23H23N3O2. The standard InChI is InChI=1S/C23H23N3O2/c1-16(2)28-20-9-7-17(8-10-20)13-19(14-24)23(27)25-12-11-18-15-26-22-6-4-3-5-21(18)22/h3-10,13,15-16,26H,11-12H2,1-2H3,(H,25,27)/b19-13+. The van der Waals surface area contributed by atoms with E-state index in [2.05, 4.69) is 16.4 Å². The Labute approximate surface area is 164 Å². The summed E-state index contributed by atoms with van der Waals surface area (Å²) < 4.78 is 5.60. The number of hydrogen-bond acceptors (Lipinski definition) is 3. The Morgan fingerprint density at radius 1 is 1.21 bits per heavy atom. The number of para-hydroxylation sites is 1. The molecule has 142 valence electrons. The zero-order valence-corrected chi connectivity index (χ0v) is 16.0. The van der Waals surface area contributed by atoms with Gasteiger partial charge in [-0.25, -0.2) is 0 Å². The average molecular weight is 373 g/mol. The second kappa shape index (κ2) is 8.92. The molecule has 3 rings (SSSR count). The predicted octanol–water partition coefficient (Wildman–Crippen LogP) is 4.22. The molecule has 28 heavy (non-hydrogen) atoms. The summed E-state index contributed by atoms with van der Waals surface area (Å²) in [6, 6.07) is 17.3. The fourth-order valence-corrected chi connectivity index (χ4v) is 2.97. The van der Waals surface area contributed by atoms with Gasteiger partial charge in [0.15, 0.2) is 0 Å². The van der Waals surface area contributed by atoms with E-state index >= 15 is 0 Å². The number of H-pyrrole nitrogens is 1. The lowest BCUT2D eigenvalue weighted by molar-refractivity contribution is -0.117. The number of aromatic nitrogens is 1. The van der Waals surface area contributed by atoms with Crippen LogP contribution in [0.25, 0.3) is 17.0 Å². The summed E-state index contributed by atoms with van der Waals surface area (Å²) >= 11 is 0. The summed E-state index contributed by atoms with van der Waals surface area (Å²) in [5.74, 6) is 0.388. The third-order valence-corrected chi connectivity index (χ3v) is 4.28. The lowest BCUT2D eigenvalue weighted by atomic mass is 10.1. The molecule has 2 aromatic carbocycles. The quantitative estimate of drug-likeness (QED) is 0.481. The average Bonchev–Trinajstić information content (AvgIpc) is 3.10. The molecule has 0 bridgehead atoms. The molecule has 5 heteroatoms. The molecule has 1 amide bonds. The molecule has 0 aliphatic rings. The highest BCUT2D eigenvalue weighted by atomic mass is 16.5. The number of fused-ring (bicyclic) bond motifs is 1. The minimum absolute atomic E-state index is 0.0801. The van der Waals surface area contributed by atoms with Crippen molar-refractivity contribution >= 4 is 22.9 Å². The zero-order chi connectivity index (χ0) is 19.9. The number of carbonyl (C=O) groups excluding carboxylic acids is 1. The number of benzene rings is 2. The summed E-state index contributed by atoms with van der Waals surface area (Å²) in [5.41, 5.74) is 3.07. The van der Waals surface area contributed by atoms with Crippen molar-refractivity contribution < 1.29 is 9.53 Å². The van der Waals surface area contributed by atoms with Crippen LogP contribution in [-0.4, -0.2) is 23.5 Å². The third-order valence-electron chi connectivity index (χ3n) is 4.28. The zero-order valence-electron chi connectivity index (χ0n) is 16.0. The van der Waals surface area contributed by atoms with Crippen molar-refractivity contribution in [2.45, 2.75) is 26.4 Å². The third kappa shape index (κ3) is 4.80. The minimum atomic E-state index is -0.371. The van der Waals surface area contributed by atoms with Crippen LogP contribution in [0.4, 0.5) is 0 Å². The molecule has 1 heterocycles. The first-order valence-corrected chi connectivity index (χ1v) is 9.28. The molecular weight excluding hydrogens is 350 g/mol. The van der Waals surface area contributed by atoms with Crippen LogP contribution in [0.2, 0.25) is 0 Å². The van der Waals surface area contributed by atoms with Gasteiger partial charge >= 0.3 is 0 Å². The van der Waals surface area contributed by atoms with Crippen molar-refractivity contribution in [2.75, 3.05) is 6.54 Å². The van der Waals surface area contributed by atoms with Crippen molar-refractivity contribution in [2.24, 2.45) is 0 Å². The Morgan fingerprint density at radius 3 is 2.68 bits per heavy atom. The molecule has 5 nitrogen and oxygen atoms in total. The van der Waals surface area contributed by atoms with Crippen molar-refractivity contribution in [1.82, 2.24) is 10.3 Å². The van der Waals surface area contributed by atoms with Gasteiger partial charge in [-0.2, -0.15) is 5.26 Å². The molecule has 0 spiro atoms. The fraction of sp³-hybridized carbons (Fsp3) is 0.217. The highest BCUT2D eigenvalue weighted by molar-refractivity contribution is 6.01. The van der Waals surface area contributed by atoms with Gasteiger partial charge in [0.2, 0.25) is 0 Å². The van der Waals surface area contributed by atoms with Crippen LogP contribution in [-0.2, 0) is 11.2 Å². The summed E-state index contributed by atoms with van der Waals surface area (Å²) in [6.07, 6.45) is 4.33. The summed E-state index contributed by atoms with van der Waals surface area (Å²) in [4.78, 5) is 15.6. The van der Waals surface area contributed by atoms with E-state index in [0.29, 0.717) is 13.0 Å². The molecule has 0 unspecified atom stereocenters. The van der Waals surface area contributed by atoms with E-state index in [-0.39, 0.29) is 17.6 Å². The van der Waals surface area contributed by atoms with E-state index in [4.69, 9.17) is 4.74 Å². The van der Waals surface area contributed by atoms with Gasteiger partial charge in [-0.05, 0) is 55.7 Å². The Bertz CT molecular complexity index is 1020. The maximum atomic E-state index is 12.3. The van der Waals surface area contributed by atoms with Crippen LogP contribution < -0.4 is 10.1 Å². The summed E-state index contributed by atoms with van der Waals surface area (Å²) in [6.45, 7) is 4.38. The van der Waals surface area contributed by atoms with Crippen molar-refractivity contribution in [1.29, 1.82) is 5.26 Å². The van der Waals surface area contributed by atoms with Gasteiger partial charge in [0.05, 0.1) is 6.10 Å². The maximum Gasteiger partial charge on any atom is 0.261 e. The first-order chi connectivity index (χ1) is 13.6. The molecule has 0 saturated heterocycles. The maximum absolute atomic E-state index is 12.3. The molecule has 2 N–H and O–H groups in total. The Kier molecular flexibility index (Phi) is 6.13. The number of nitrogens with zero attached hydrogens (tertiary/aromatic N) is 1. The number of nitriles is 1. The number of amides is 1. The Morgan fingerprint density at radius 2 is 1.96 bits per heavy atom. The molecule has 0 aliphatic carbocycles. The number of rotatable bonds is 7. The van der Waals surface area contributed by atoms with Gasteiger partial charge in [0.1, 0.15) is 17.4 Å². The molecule has 0 fully saturated rings. The SMILES string of the molecule is CC(C)Oc1ccc(/C=C(\C#N)C(=O)NCCc2c[nH]c3ccccc23)cc1. The highest BCUT2D eigenvalue weighted by Crippen LogP contribution is 2.18. The van der Waals surface area contributed by atoms with Crippen LogP contribution in [0.5, 0.6) is 5.75 Å². The topological polar surface area (TPSA) is 77.9 Å². The van der Waals surface area contributed by atoms with E-state index in [0.717, 1.165) is 27.8 Å². The lowest BCUT2D eigenvalue weighted by Gasteiger charge is -2.09. The number of carbonyl (C=O) groups is 1. The summed E-state index contributed by atoms with van der Waals surface area (Å²) in [5, 5.41) is 13.3. The summed E-state index contributed by atoms with van der Waals surface area (Å²) in [7, 11) is 0. The number of ether oxygens (including phenoxy) is 1. The van der Waals surface area contributed by atoms with Crippen LogP contribution in [0.3, 0.4) is 0 Å². The first-order valence-electron chi connectivity index (χ1n) is 9.28. The molecule has 0 aliphatic heterocycles. The highest BCUT2D eigenvalue weighted by Gasteiger charge is 2.10. The van der Waals surface area contributed by atoms with Crippen molar-refractivity contribution in [3.8, 4) is 11.8 Å². The lowest BCUT2D eigenvalue weighted by Crippen LogP contribution is -2.26. The van der Waals surface area contributed by atoms with Crippen LogP contribution in [0.15, 0.2) is 60.3 Å².